The second-order valence-corrected chi connectivity index (χ2v) is 6.22. The number of carbonyl (C=O) groups is 3. The minimum absolute atomic E-state index is 0.392. The summed E-state index contributed by atoms with van der Waals surface area (Å²) < 4.78 is 4.97. The first-order valence-electron chi connectivity index (χ1n) is 8.18. The summed E-state index contributed by atoms with van der Waals surface area (Å²) in [7, 11) is 0. The summed E-state index contributed by atoms with van der Waals surface area (Å²) in [6, 6.07) is 10.2. The van der Waals surface area contributed by atoms with Gasteiger partial charge in [0.25, 0.3) is 5.91 Å². The van der Waals surface area contributed by atoms with E-state index in [4.69, 9.17) is 4.74 Å². The SMILES string of the molecule is Cc1ccc(NC(=O)NC(=O)COC(=O)c2ccc(C)cc2C)c(C)c1. The molecule has 0 saturated heterocycles. The van der Waals surface area contributed by atoms with Gasteiger partial charge in [-0.3, -0.25) is 10.1 Å². The van der Waals surface area contributed by atoms with Crippen LogP contribution in [0, 0.1) is 27.7 Å². The fourth-order valence-electron chi connectivity index (χ4n) is 2.52. The van der Waals surface area contributed by atoms with E-state index < -0.39 is 24.5 Å². The van der Waals surface area contributed by atoms with Crippen LogP contribution in [0.3, 0.4) is 0 Å². The van der Waals surface area contributed by atoms with Crippen LogP contribution in [-0.4, -0.2) is 24.5 Å². The number of benzene rings is 2. The molecule has 0 aliphatic carbocycles. The van der Waals surface area contributed by atoms with E-state index in [1.165, 1.54) is 0 Å². The highest BCUT2D eigenvalue weighted by Crippen LogP contribution is 2.15. The largest absolute Gasteiger partial charge is 0.452 e. The van der Waals surface area contributed by atoms with Crippen molar-refractivity contribution < 1.29 is 19.1 Å². The molecular formula is C20H22N2O4. The molecule has 0 spiro atoms. The highest BCUT2D eigenvalue weighted by molar-refractivity contribution is 6.02. The first-order chi connectivity index (χ1) is 12.3. The molecule has 136 valence electrons. The van der Waals surface area contributed by atoms with E-state index in [0.717, 1.165) is 22.3 Å². The van der Waals surface area contributed by atoms with Crippen LogP contribution in [0.5, 0.6) is 0 Å². The summed E-state index contributed by atoms with van der Waals surface area (Å²) in [5.74, 6) is -1.31. The molecule has 3 amide bonds. The summed E-state index contributed by atoms with van der Waals surface area (Å²) in [5.41, 5.74) is 4.75. The number of esters is 1. The van der Waals surface area contributed by atoms with Gasteiger partial charge in [0.05, 0.1) is 5.56 Å². The smallest absolute Gasteiger partial charge is 0.338 e. The third-order valence-electron chi connectivity index (χ3n) is 3.82. The number of carbonyl (C=O) groups excluding carboxylic acids is 3. The fraction of sp³-hybridized carbons (Fsp3) is 0.250. The Morgan fingerprint density at radius 2 is 1.50 bits per heavy atom. The lowest BCUT2D eigenvalue weighted by Crippen LogP contribution is -2.37. The Morgan fingerprint density at radius 3 is 2.12 bits per heavy atom. The van der Waals surface area contributed by atoms with Gasteiger partial charge in [-0.2, -0.15) is 0 Å². The first-order valence-corrected chi connectivity index (χ1v) is 8.18. The van der Waals surface area contributed by atoms with Crippen LogP contribution in [0.25, 0.3) is 0 Å². The second kappa shape index (κ2) is 8.29. The van der Waals surface area contributed by atoms with Gasteiger partial charge in [-0.25, -0.2) is 9.59 Å². The number of aryl methyl sites for hydroxylation is 4. The molecule has 0 heterocycles. The van der Waals surface area contributed by atoms with Crippen molar-refractivity contribution in [2.75, 3.05) is 11.9 Å². The van der Waals surface area contributed by atoms with Crippen LogP contribution < -0.4 is 10.6 Å². The normalized spacial score (nSPS) is 10.2. The van der Waals surface area contributed by atoms with E-state index in [-0.39, 0.29) is 0 Å². The highest BCUT2D eigenvalue weighted by atomic mass is 16.5. The standard InChI is InChI=1S/C20H22N2O4/c1-12-5-7-16(14(3)9-12)19(24)26-11-18(23)22-20(25)21-17-8-6-13(2)10-15(17)4/h5-10H,11H2,1-4H3,(H2,21,22,23,25). The maximum atomic E-state index is 12.0. The summed E-state index contributed by atoms with van der Waals surface area (Å²) in [6.45, 7) is 6.98. The predicted molar refractivity (Wildman–Crippen MR) is 99.3 cm³/mol. The molecule has 0 aliphatic heterocycles. The molecular weight excluding hydrogens is 332 g/mol. The van der Waals surface area contributed by atoms with Crippen LogP contribution >= 0.6 is 0 Å². The predicted octanol–water partition coefficient (Wildman–Crippen LogP) is 3.43. The van der Waals surface area contributed by atoms with Crippen LogP contribution in [0.1, 0.15) is 32.6 Å². The van der Waals surface area contributed by atoms with Crippen molar-refractivity contribution in [3.8, 4) is 0 Å². The zero-order chi connectivity index (χ0) is 19.3. The lowest BCUT2D eigenvalue weighted by molar-refractivity contribution is -0.123. The van der Waals surface area contributed by atoms with Crippen molar-refractivity contribution in [3.05, 3.63) is 64.2 Å². The molecule has 0 bridgehead atoms. The van der Waals surface area contributed by atoms with Gasteiger partial charge in [0.15, 0.2) is 6.61 Å². The molecule has 0 unspecified atom stereocenters. The maximum Gasteiger partial charge on any atom is 0.338 e. The zero-order valence-electron chi connectivity index (χ0n) is 15.3. The van der Waals surface area contributed by atoms with Crippen molar-refractivity contribution in [1.82, 2.24) is 5.32 Å². The number of ether oxygens (including phenoxy) is 1. The molecule has 2 N–H and O–H groups in total. The molecule has 6 heteroatoms. The van der Waals surface area contributed by atoms with E-state index in [1.807, 2.05) is 39.0 Å². The Labute approximate surface area is 152 Å². The Bertz CT molecular complexity index is 859. The fourth-order valence-corrected chi connectivity index (χ4v) is 2.52. The van der Waals surface area contributed by atoms with E-state index in [0.29, 0.717) is 11.3 Å². The molecule has 2 aromatic rings. The molecule has 6 nitrogen and oxygen atoms in total. The zero-order valence-corrected chi connectivity index (χ0v) is 15.3. The molecule has 2 rings (SSSR count). The maximum absolute atomic E-state index is 12.0. The number of rotatable bonds is 4. The minimum Gasteiger partial charge on any atom is -0.452 e. The topological polar surface area (TPSA) is 84.5 Å². The van der Waals surface area contributed by atoms with Gasteiger partial charge >= 0.3 is 12.0 Å². The average Bonchev–Trinajstić information content (AvgIpc) is 2.55. The summed E-state index contributed by atoms with van der Waals surface area (Å²) in [5, 5.41) is 4.73. The molecule has 0 aliphatic rings. The van der Waals surface area contributed by atoms with Gasteiger partial charge in [-0.1, -0.05) is 35.4 Å². The first kappa shape index (κ1) is 19.2. The quantitative estimate of drug-likeness (QED) is 0.824. The van der Waals surface area contributed by atoms with Crippen LogP contribution in [0.4, 0.5) is 10.5 Å². The third-order valence-corrected chi connectivity index (χ3v) is 3.82. The van der Waals surface area contributed by atoms with E-state index in [1.54, 1.807) is 25.1 Å². The molecule has 0 fully saturated rings. The molecule has 0 saturated carbocycles. The van der Waals surface area contributed by atoms with Crippen molar-refractivity contribution in [2.24, 2.45) is 0 Å². The molecule has 2 aromatic carbocycles. The molecule has 0 aromatic heterocycles. The molecule has 0 atom stereocenters. The number of urea groups is 1. The van der Waals surface area contributed by atoms with Gasteiger partial charge < -0.3 is 10.1 Å². The van der Waals surface area contributed by atoms with Gasteiger partial charge in [0.2, 0.25) is 0 Å². The van der Waals surface area contributed by atoms with Crippen molar-refractivity contribution in [2.45, 2.75) is 27.7 Å². The Hall–Kier alpha value is -3.15. The summed E-state index contributed by atoms with van der Waals surface area (Å²) in [6.07, 6.45) is 0. The summed E-state index contributed by atoms with van der Waals surface area (Å²) >= 11 is 0. The number of imide groups is 1. The van der Waals surface area contributed by atoms with Gasteiger partial charge in [-0.05, 0) is 51.0 Å². The van der Waals surface area contributed by atoms with Crippen LogP contribution in [0.2, 0.25) is 0 Å². The van der Waals surface area contributed by atoms with Crippen LogP contribution in [0.15, 0.2) is 36.4 Å². The van der Waals surface area contributed by atoms with E-state index >= 15 is 0 Å². The summed E-state index contributed by atoms with van der Waals surface area (Å²) in [4.78, 5) is 35.7. The van der Waals surface area contributed by atoms with E-state index in [9.17, 15) is 14.4 Å². The Kier molecular flexibility index (Phi) is 6.11. The van der Waals surface area contributed by atoms with Crippen LogP contribution in [-0.2, 0) is 9.53 Å². The average molecular weight is 354 g/mol. The van der Waals surface area contributed by atoms with Crippen molar-refractivity contribution in [3.63, 3.8) is 0 Å². The highest BCUT2D eigenvalue weighted by Gasteiger charge is 2.14. The van der Waals surface area contributed by atoms with Crippen molar-refractivity contribution >= 4 is 23.6 Å². The third kappa shape index (κ3) is 5.17. The van der Waals surface area contributed by atoms with Crippen molar-refractivity contribution in [1.29, 1.82) is 0 Å². The Morgan fingerprint density at radius 1 is 0.885 bits per heavy atom. The van der Waals surface area contributed by atoms with E-state index in [2.05, 4.69) is 10.6 Å². The number of anilines is 1. The Balaban J connectivity index is 1.86. The van der Waals surface area contributed by atoms with Gasteiger partial charge in [-0.15, -0.1) is 0 Å². The molecule has 26 heavy (non-hydrogen) atoms. The molecule has 0 radical (unpaired) electrons. The lowest BCUT2D eigenvalue weighted by atomic mass is 10.1. The number of hydrogen-bond acceptors (Lipinski definition) is 4. The number of nitrogens with one attached hydrogen (secondary N) is 2. The minimum atomic E-state index is -0.703. The van der Waals surface area contributed by atoms with Gasteiger partial charge in [0, 0.05) is 5.69 Å². The number of amides is 3. The second-order valence-electron chi connectivity index (χ2n) is 6.22. The number of hydrogen-bond donors (Lipinski definition) is 2. The lowest BCUT2D eigenvalue weighted by Gasteiger charge is -2.10. The van der Waals surface area contributed by atoms with Gasteiger partial charge in [0.1, 0.15) is 0 Å². The monoisotopic (exact) mass is 354 g/mol.